The van der Waals surface area contributed by atoms with Crippen LogP contribution in [0.4, 0.5) is 5.69 Å². The van der Waals surface area contributed by atoms with Gasteiger partial charge in [-0.15, -0.1) is 5.10 Å². The number of rotatable bonds is 4. The molecule has 158 valence electrons. The van der Waals surface area contributed by atoms with Gasteiger partial charge in [0.05, 0.1) is 16.2 Å². The number of nitrogens with zero attached hydrogens (tertiary/aromatic N) is 4. The molecule has 0 bridgehead atoms. The number of hydrazone groups is 1. The van der Waals surface area contributed by atoms with Gasteiger partial charge in [0.2, 0.25) is 19.4 Å². The largest absolute Gasteiger partial charge is 0.457 e. The van der Waals surface area contributed by atoms with Crippen LogP contribution in [0.1, 0.15) is 12.7 Å². The minimum absolute atomic E-state index is 0.00379. The Kier molecular flexibility index (Phi) is 5.07. The van der Waals surface area contributed by atoms with Gasteiger partial charge in [-0.3, -0.25) is 20.3 Å². The lowest BCUT2D eigenvalue weighted by Crippen LogP contribution is -2.35. The molecule has 2 aromatic rings. The number of hydrogen-bond donors (Lipinski definition) is 1. The number of aliphatic imine (C=N–C) groups is 1. The van der Waals surface area contributed by atoms with Gasteiger partial charge in [-0.25, -0.2) is 8.42 Å². The predicted octanol–water partition coefficient (Wildman–Crippen LogP) is 2.87. The maximum atomic E-state index is 12.4. The normalized spacial score (nSPS) is 17.6. The number of sulfone groups is 1. The molecule has 3 heterocycles. The molecular weight excluding hydrogens is 446 g/mol. The highest BCUT2D eigenvalue weighted by molar-refractivity contribution is 8.42. The van der Waals surface area contributed by atoms with Crippen molar-refractivity contribution in [3.05, 3.63) is 57.8 Å². The molecule has 1 aromatic carbocycles. The van der Waals surface area contributed by atoms with Crippen molar-refractivity contribution in [3.8, 4) is 11.3 Å². The van der Waals surface area contributed by atoms with E-state index in [4.69, 9.17) is 9.83 Å². The van der Waals surface area contributed by atoms with E-state index in [1.54, 1.807) is 12.1 Å². The lowest BCUT2D eigenvalue weighted by molar-refractivity contribution is -0.384. The van der Waals surface area contributed by atoms with Gasteiger partial charge in [0.1, 0.15) is 11.5 Å². The van der Waals surface area contributed by atoms with Gasteiger partial charge in [-0.2, -0.15) is 10.0 Å². The minimum Gasteiger partial charge on any atom is -0.457 e. The average molecular weight is 459 g/mol. The molecule has 0 spiro atoms. The van der Waals surface area contributed by atoms with E-state index in [1.165, 1.54) is 37.3 Å². The molecule has 31 heavy (non-hydrogen) atoms. The molecule has 2 aliphatic heterocycles. The molecule has 0 saturated heterocycles. The van der Waals surface area contributed by atoms with Crippen molar-refractivity contribution < 1.29 is 22.6 Å². The van der Waals surface area contributed by atoms with Crippen LogP contribution in [-0.4, -0.2) is 45.4 Å². The molecule has 13 heteroatoms. The number of amidine groups is 2. The van der Waals surface area contributed by atoms with Crippen LogP contribution in [-0.2, 0) is 14.6 Å². The number of nitro groups is 1. The first-order valence-electron chi connectivity index (χ1n) is 8.77. The van der Waals surface area contributed by atoms with Crippen molar-refractivity contribution in [2.24, 2.45) is 10.1 Å². The fourth-order valence-corrected chi connectivity index (χ4v) is 4.89. The molecule has 0 aliphatic carbocycles. The Labute approximate surface area is 179 Å². The number of benzene rings is 1. The van der Waals surface area contributed by atoms with Gasteiger partial charge in [0, 0.05) is 17.7 Å². The summed E-state index contributed by atoms with van der Waals surface area (Å²) >= 11 is 0.718. The van der Waals surface area contributed by atoms with Crippen molar-refractivity contribution in [1.82, 2.24) is 5.01 Å². The van der Waals surface area contributed by atoms with E-state index in [-0.39, 0.29) is 38.2 Å². The summed E-state index contributed by atoms with van der Waals surface area (Å²) in [5.41, 5.74) is 0.240. The summed E-state index contributed by atoms with van der Waals surface area (Å²) in [5, 5.41) is 24.1. The number of fused-ring (bicyclic) bond motifs is 1. The number of furan rings is 1. The van der Waals surface area contributed by atoms with E-state index in [0.717, 1.165) is 16.8 Å². The Morgan fingerprint density at radius 2 is 2.10 bits per heavy atom. The second-order valence-corrected chi connectivity index (χ2v) is 9.71. The number of nitro benzene ring substituents is 1. The molecule has 4 rings (SSSR count). The van der Waals surface area contributed by atoms with Crippen LogP contribution in [0.25, 0.3) is 17.4 Å². The molecule has 0 unspecified atom stereocenters. The van der Waals surface area contributed by atoms with Crippen molar-refractivity contribution in [3.63, 3.8) is 0 Å². The Morgan fingerprint density at radius 1 is 1.32 bits per heavy atom. The Balaban J connectivity index is 1.65. The zero-order chi connectivity index (χ0) is 22.3. The highest BCUT2D eigenvalue weighted by Gasteiger charge is 2.39. The van der Waals surface area contributed by atoms with Gasteiger partial charge >= 0.3 is 0 Å². The second kappa shape index (κ2) is 7.59. The van der Waals surface area contributed by atoms with E-state index in [1.807, 2.05) is 0 Å². The van der Waals surface area contributed by atoms with Crippen molar-refractivity contribution in [2.75, 3.05) is 5.75 Å². The van der Waals surface area contributed by atoms with Gasteiger partial charge < -0.3 is 4.42 Å². The summed E-state index contributed by atoms with van der Waals surface area (Å²) in [6.07, 6.45) is 1.29. The summed E-state index contributed by atoms with van der Waals surface area (Å²) in [6.45, 7) is 1.47. The van der Waals surface area contributed by atoms with Crippen molar-refractivity contribution in [2.45, 2.75) is 6.92 Å². The smallest absolute Gasteiger partial charge is 0.283 e. The van der Waals surface area contributed by atoms with E-state index < -0.39 is 20.7 Å². The van der Waals surface area contributed by atoms with Crippen molar-refractivity contribution in [1.29, 1.82) is 5.41 Å². The molecule has 1 amide bonds. The fourth-order valence-electron chi connectivity index (χ4n) is 2.72. The van der Waals surface area contributed by atoms with Crippen LogP contribution < -0.4 is 0 Å². The first-order chi connectivity index (χ1) is 14.7. The van der Waals surface area contributed by atoms with E-state index in [9.17, 15) is 23.3 Å². The number of carbonyl (C=O) groups excluding carboxylic acids is 1. The lowest BCUT2D eigenvalue weighted by Gasteiger charge is -2.19. The molecule has 0 atom stereocenters. The highest BCUT2D eigenvalue weighted by atomic mass is 32.3. The number of amides is 1. The maximum Gasteiger partial charge on any atom is 0.283 e. The SMILES string of the molecule is CCS(=O)(=O)C1=NN2C(=N)/C(=C/c3ccc(-c4cccc([N+](=O)[O-])c4)o3)C(=O)N=C2S1. The molecule has 1 N–H and O–H groups in total. The van der Waals surface area contributed by atoms with Crippen LogP contribution in [0, 0.1) is 15.5 Å². The van der Waals surface area contributed by atoms with Crippen LogP contribution in [0.15, 0.2) is 56.5 Å². The number of non-ortho nitro benzene ring substituents is 1. The third kappa shape index (κ3) is 3.80. The lowest BCUT2D eigenvalue weighted by atomic mass is 10.1. The Bertz CT molecular complexity index is 1340. The summed E-state index contributed by atoms with van der Waals surface area (Å²) in [7, 11) is -3.61. The Hall–Kier alpha value is -3.58. The van der Waals surface area contributed by atoms with E-state index >= 15 is 0 Å². The number of carbonyl (C=O) groups is 1. The minimum atomic E-state index is -3.61. The van der Waals surface area contributed by atoms with Gasteiger partial charge in [0.15, 0.2) is 5.84 Å². The topological polar surface area (TPSA) is 159 Å². The highest BCUT2D eigenvalue weighted by Crippen LogP contribution is 2.31. The second-order valence-electron chi connectivity index (χ2n) is 6.30. The van der Waals surface area contributed by atoms with Crippen LogP contribution in [0.5, 0.6) is 0 Å². The Morgan fingerprint density at radius 3 is 2.81 bits per heavy atom. The molecule has 0 fully saturated rings. The maximum absolute atomic E-state index is 12.4. The molecule has 1 aromatic heterocycles. The number of hydrogen-bond acceptors (Lipinski definition) is 9. The first kappa shape index (κ1) is 20.7. The third-order valence-corrected chi connectivity index (χ3v) is 7.43. The van der Waals surface area contributed by atoms with Gasteiger partial charge in [-0.05, 0) is 30.0 Å². The average Bonchev–Trinajstić information content (AvgIpc) is 3.39. The standard InChI is InChI=1S/C18H13N5O6S2/c1-2-31(27,28)18-21-22-15(19)13(16(24)20-17(22)30-18)9-12-6-7-14(29-12)10-4-3-5-11(8-10)23(25)26/h3-9,19H,2H2,1H3/b13-9-,19-15?. The van der Waals surface area contributed by atoms with Gasteiger partial charge in [0.25, 0.3) is 11.6 Å². The molecular formula is C18H13N5O6S2. The van der Waals surface area contributed by atoms with Crippen LogP contribution >= 0.6 is 11.8 Å². The summed E-state index contributed by atoms with van der Waals surface area (Å²) < 4.78 is 29.5. The van der Waals surface area contributed by atoms with Crippen LogP contribution in [0.2, 0.25) is 0 Å². The number of nitrogens with one attached hydrogen (secondary N) is 1. The predicted molar refractivity (Wildman–Crippen MR) is 115 cm³/mol. The van der Waals surface area contributed by atoms with Crippen LogP contribution in [0.3, 0.4) is 0 Å². The molecule has 0 radical (unpaired) electrons. The monoisotopic (exact) mass is 459 g/mol. The molecule has 11 nitrogen and oxygen atoms in total. The van der Waals surface area contributed by atoms with Crippen molar-refractivity contribution >= 4 is 54.6 Å². The van der Waals surface area contributed by atoms with E-state index in [0.29, 0.717) is 11.3 Å². The summed E-state index contributed by atoms with van der Waals surface area (Å²) in [5.74, 6) is -0.692. The summed E-state index contributed by atoms with van der Waals surface area (Å²) in [6, 6.07) is 8.98. The fraction of sp³-hybridized carbons (Fsp3) is 0.111. The third-order valence-electron chi connectivity index (χ3n) is 4.34. The zero-order valence-electron chi connectivity index (χ0n) is 15.8. The summed E-state index contributed by atoms with van der Waals surface area (Å²) in [4.78, 5) is 26.7. The van der Waals surface area contributed by atoms with E-state index in [2.05, 4.69) is 10.1 Å². The van der Waals surface area contributed by atoms with Gasteiger partial charge in [-0.1, -0.05) is 19.1 Å². The molecule has 2 aliphatic rings. The number of thioether (sulfide) groups is 1. The molecule has 0 saturated carbocycles. The first-order valence-corrected chi connectivity index (χ1v) is 11.2. The quantitative estimate of drug-likeness (QED) is 0.415. The zero-order valence-corrected chi connectivity index (χ0v) is 17.4.